The van der Waals surface area contributed by atoms with Crippen LogP contribution in [0.4, 0.5) is 5.69 Å². The number of amides is 1. The molecule has 0 radical (unpaired) electrons. The van der Waals surface area contributed by atoms with Gasteiger partial charge in [0.1, 0.15) is 0 Å². The van der Waals surface area contributed by atoms with E-state index >= 15 is 0 Å². The van der Waals surface area contributed by atoms with Crippen LogP contribution in [-0.4, -0.2) is 36.2 Å². The number of carbonyl (C=O) groups is 1. The number of methoxy groups -OCH3 is 1. The van der Waals surface area contributed by atoms with Crippen molar-refractivity contribution in [1.29, 1.82) is 0 Å². The Bertz CT molecular complexity index is 533. The minimum Gasteiger partial charge on any atom is -0.383 e. The number of thiocarbonyl (C=S) groups is 1. The molecule has 1 aromatic rings. The first-order valence-electron chi connectivity index (χ1n) is 5.79. The predicted molar refractivity (Wildman–Crippen MR) is 77.8 cm³/mol. The van der Waals surface area contributed by atoms with E-state index in [1.54, 1.807) is 14.0 Å². The van der Waals surface area contributed by atoms with Crippen molar-refractivity contribution in [3.63, 3.8) is 0 Å². The van der Waals surface area contributed by atoms with Gasteiger partial charge in [-0.2, -0.15) is 0 Å². The van der Waals surface area contributed by atoms with Crippen LogP contribution in [0.25, 0.3) is 0 Å². The van der Waals surface area contributed by atoms with E-state index in [4.69, 9.17) is 17.0 Å². The number of benzene rings is 1. The van der Waals surface area contributed by atoms with Crippen LogP contribution in [0.5, 0.6) is 0 Å². The maximum Gasteiger partial charge on any atom is 0.273 e. The van der Waals surface area contributed by atoms with Crippen LogP contribution in [0.3, 0.4) is 0 Å². The summed E-state index contributed by atoms with van der Waals surface area (Å²) in [5.41, 5.74) is 0.571. The van der Waals surface area contributed by atoms with Crippen LogP contribution in [0.1, 0.15) is 15.9 Å². The average Bonchev–Trinajstić information content (AvgIpc) is 2.39. The molecule has 20 heavy (non-hydrogen) atoms. The van der Waals surface area contributed by atoms with Gasteiger partial charge in [0, 0.05) is 30.8 Å². The molecule has 1 amide bonds. The van der Waals surface area contributed by atoms with Crippen molar-refractivity contribution in [3.8, 4) is 0 Å². The molecule has 0 heterocycles. The molecule has 0 atom stereocenters. The van der Waals surface area contributed by atoms with Crippen LogP contribution in [0.15, 0.2) is 18.2 Å². The van der Waals surface area contributed by atoms with Gasteiger partial charge in [0.25, 0.3) is 11.6 Å². The number of nitrogens with zero attached hydrogens (tertiary/aromatic N) is 1. The fourth-order valence-electron chi connectivity index (χ4n) is 1.43. The molecule has 8 heteroatoms. The smallest absolute Gasteiger partial charge is 0.273 e. The third-order valence-electron chi connectivity index (χ3n) is 2.49. The van der Waals surface area contributed by atoms with Crippen molar-refractivity contribution in [2.45, 2.75) is 6.92 Å². The Morgan fingerprint density at radius 2 is 2.20 bits per heavy atom. The second kappa shape index (κ2) is 7.51. The van der Waals surface area contributed by atoms with E-state index in [-0.39, 0.29) is 16.4 Å². The maximum absolute atomic E-state index is 11.9. The Hall–Kier alpha value is -2.06. The second-order valence-corrected chi connectivity index (χ2v) is 4.37. The van der Waals surface area contributed by atoms with Gasteiger partial charge < -0.3 is 10.1 Å². The van der Waals surface area contributed by atoms with E-state index in [2.05, 4.69) is 10.6 Å². The molecule has 0 aromatic heterocycles. The lowest BCUT2D eigenvalue weighted by molar-refractivity contribution is -0.385. The highest BCUT2D eigenvalue weighted by Crippen LogP contribution is 2.19. The molecule has 1 aromatic carbocycles. The molecule has 108 valence electrons. The summed E-state index contributed by atoms with van der Waals surface area (Å²) in [6.45, 7) is 2.52. The highest BCUT2D eigenvalue weighted by molar-refractivity contribution is 7.80. The van der Waals surface area contributed by atoms with E-state index in [0.717, 1.165) is 0 Å². The first kappa shape index (κ1) is 16.0. The maximum atomic E-state index is 11.9. The summed E-state index contributed by atoms with van der Waals surface area (Å²) < 4.78 is 4.83. The van der Waals surface area contributed by atoms with Gasteiger partial charge in [-0.3, -0.25) is 20.2 Å². The fourth-order valence-corrected chi connectivity index (χ4v) is 1.63. The minimum atomic E-state index is -0.527. The summed E-state index contributed by atoms with van der Waals surface area (Å²) in [4.78, 5) is 22.2. The molecule has 7 nitrogen and oxygen atoms in total. The van der Waals surface area contributed by atoms with Crippen molar-refractivity contribution < 1.29 is 14.5 Å². The Morgan fingerprint density at radius 3 is 2.80 bits per heavy atom. The van der Waals surface area contributed by atoms with Crippen LogP contribution < -0.4 is 10.6 Å². The summed E-state index contributed by atoms with van der Waals surface area (Å²) in [6.07, 6.45) is 0. The fraction of sp³-hybridized carbons (Fsp3) is 0.333. The lowest BCUT2D eigenvalue weighted by Gasteiger charge is -2.09. The molecule has 1 rings (SSSR count). The van der Waals surface area contributed by atoms with Gasteiger partial charge in [0.05, 0.1) is 11.5 Å². The number of nitro groups is 1. The zero-order chi connectivity index (χ0) is 15.1. The lowest BCUT2D eigenvalue weighted by atomic mass is 10.1. The van der Waals surface area contributed by atoms with Crippen LogP contribution in [0.2, 0.25) is 0 Å². The van der Waals surface area contributed by atoms with Gasteiger partial charge in [0.2, 0.25) is 0 Å². The molecule has 2 N–H and O–H groups in total. The number of ether oxygens (including phenoxy) is 1. The lowest BCUT2D eigenvalue weighted by Crippen LogP contribution is -2.40. The van der Waals surface area contributed by atoms with Crippen molar-refractivity contribution >= 4 is 28.9 Å². The second-order valence-electron chi connectivity index (χ2n) is 3.96. The molecule has 0 aliphatic rings. The molecule has 0 saturated carbocycles. The topological polar surface area (TPSA) is 93.5 Å². The number of hydrogen-bond acceptors (Lipinski definition) is 5. The minimum absolute atomic E-state index is 0.101. The largest absolute Gasteiger partial charge is 0.383 e. The van der Waals surface area contributed by atoms with Gasteiger partial charge in [-0.25, -0.2) is 0 Å². The van der Waals surface area contributed by atoms with Crippen molar-refractivity contribution in [1.82, 2.24) is 10.6 Å². The summed E-state index contributed by atoms with van der Waals surface area (Å²) in [6, 6.07) is 4.26. The number of carbonyl (C=O) groups excluding carboxylic acids is 1. The Kier molecular flexibility index (Phi) is 6.01. The van der Waals surface area contributed by atoms with Crippen LogP contribution in [0, 0.1) is 17.0 Å². The summed E-state index contributed by atoms with van der Waals surface area (Å²) in [5.74, 6) is -0.497. The summed E-state index contributed by atoms with van der Waals surface area (Å²) in [7, 11) is 1.55. The number of nitro benzene ring substituents is 1. The third-order valence-corrected chi connectivity index (χ3v) is 2.73. The summed E-state index contributed by atoms with van der Waals surface area (Å²) >= 11 is 4.92. The van der Waals surface area contributed by atoms with Gasteiger partial charge in [-0.15, -0.1) is 0 Å². The predicted octanol–water partition coefficient (Wildman–Crippen LogP) is 1.15. The van der Waals surface area contributed by atoms with E-state index in [1.165, 1.54) is 18.2 Å². The molecular formula is C12H15N3O4S. The number of aryl methyl sites for hydroxylation is 1. The van der Waals surface area contributed by atoms with Gasteiger partial charge >= 0.3 is 0 Å². The number of rotatable bonds is 5. The van der Waals surface area contributed by atoms with Gasteiger partial charge in [-0.05, 0) is 25.2 Å². The van der Waals surface area contributed by atoms with Crippen molar-refractivity contribution in [2.75, 3.05) is 20.3 Å². The number of hydrogen-bond donors (Lipinski definition) is 2. The molecule has 0 aliphatic carbocycles. The molecular weight excluding hydrogens is 282 g/mol. The Balaban J connectivity index is 2.70. The highest BCUT2D eigenvalue weighted by Gasteiger charge is 2.15. The molecule has 0 spiro atoms. The molecule has 0 unspecified atom stereocenters. The van der Waals surface area contributed by atoms with Crippen LogP contribution >= 0.6 is 12.2 Å². The van der Waals surface area contributed by atoms with Crippen LogP contribution in [-0.2, 0) is 4.74 Å². The van der Waals surface area contributed by atoms with E-state index in [1.807, 2.05) is 0 Å². The Labute approximate surface area is 121 Å². The van der Waals surface area contributed by atoms with E-state index in [0.29, 0.717) is 18.7 Å². The van der Waals surface area contributed by atoms with Gasteiger partial charge in [0.15, 0.2) is 5.11 Å². The molecule has 0 aliphatic heterocycles. The Morgan fingerprint density at radius 1 is 1.50 bits per heavy atom. The van der Waals surface area contributed by atoms with Crippen molar-refractivity contribution in [2.24, 2.45) is 0 Å². The molecule has 0 saturated heterocycles. The molecule has 0 bridgehead atoms. The quantitative estimate of drug-likeness (QED) is 0.366. The standard InChI is InChI=1S/C12H15N3O4S/c1-8-3-4-9(7-10(8)15(17)18)11(16)14-12(20)13-5-6-19-2/h3-4,7H,5-6H2,1-2H3,(H2,13,14,16,20). The summed E-state index contributed by atoms with van der Waals surface area (Å²) in [5, 5.41) is 16.2. The SMILES string of the molecule is COCCNC(=S)NC(=O)c1ccc(C)c([N+](=O)[O-])c1. The average molecular weight is 297 g/mol. The van der Waals surface area contributed by atoms with Crippen molar-refractivity contribution in [3.05, 3.63) is 39.4 Å². The molecule has 0 fully saturated rings. The highest BCUT2D eigenvalue weighted by atomic mass is 32.1. The van der Waals surface area contributed by atoms with E-state index in [9.17, 15) is 14.9 Å². The zero-order valence-electron chi connectivity index (χ0n) is 11.1. The van der Waals surface area contributed by atoms with Gasteiger partial charge in [-0.1, -0.05) is 6.07 Å². The third kappa shape index (κ3) is 4.56. The first-order valence-corrected chi connectivity index (χ1v) is 6.19. The van der Waals surface area contributed by atoms with E-state index < -0.39 is 10.8 Å². The monoisotopic (exact) mass is 297 g/mol. The normalized spacial score (nSPS) is 9.90. The number of nitrogens with one attached hydrogen (secondary N) is 2. The zero-order valence-corrected chi connectivity index (χ0v) is 12.0. The first-order chi connectivity index (χ1) is 9.45.